The highest BCUT2D eigenvalue weighted by molar-refractivity contribution is 5.66. The molecular formula is C24H34O3. The van der Waals surface area contributed by atoms with Crippen LogP contribution in [0, 0.1) is 23.7 Å². The van der Waals surface area contributed by atoms with Crippen LogP contribution < -0.4 is 4.74 Å². The van der Waals surface area contributed by atoms with Crippen LogP contribution in [0.15, 0.2) is 42.5 Å². The third kappa shape index (κ3) is 6.12. The van der Waals surface area contributed by atoms with Crippen LogP contribution in [-0.4, -0.2) is 17.7 Å². The van der Waals surface area contributed by atoms with Gasteiger partial charge in [0.05, 0.1) is 6.61 Å². The van der Waals surface area contributed by atoms with E-state index in [0.29, 0.717) is 0 Å². The van der Waals surface area contributed by atoms with Gasteiger partial charge in [0.15, 0.2) is 0 Å². The Labute approximate surface area is 163 Å². The highest BCUT2D eigenvalue weighted by Gasteiger charge is 2.45. The summed E-state index contributed by atoms with van der Waals surface area (Å²) in [6.07, 6.45) is 15.7. The molecule has 3 heteroatoms. The highest BCUT2D eigenvalue weighted by Crippen LogP contribution is 2.55. The molecule has 3 nitrogen and oxygen atoms in total. The number of hydrogen-bond donors (Lipinski definition) is 1. The molecule has 0 radical (unpaired) electrons. The number of hydrogen-bond acceptors (Lipinski definition) is 2. The molecule has 0 unspecified atom stereocenters. The van der Waals surface area contributed by atoms with E-state index in [0.717, 1.165) is 55.3 Å². The Morgan fingerprint density at radius 2 is 1.81 bits per heavy atom. The normalized spacial score (nSPS) is 26.7. The van der Waals surface area contributed by atoms with Gasteiger partial charge in [0.2, 0.25) is 0 Å². The summed E-state index contributed by atoms with van der Waals surface area (Å²) in [7, 11) is 0. The van der Waals surface area contributed by atoms with Crippen molar-refractivity contribution in [1.29, 1.82) is 0 Å². The van der Waals surface area contributed by atoms with Crippen LogP contribution in [0.4, 0.5) is 0 Å². The van der Waals surface area contributed by atoms with Gasteiger partial charge in [-0.2, -0.15) is 0 Å². The summed E-state index contributed by atoms with van der Waals surface area (Å²) in [5, 5.41) is 8.70. The smallest absolute Gasteiger partial charge is 0.303 e. The lowest BCUT2D eigenvalue weighted by Crippen LogP contribution is -2.22. The zero-order chi connectivity index (χ0) is 18.9. The lowest BCUT2D eigenvalue weighted by atomic mass is 9.75. The van der Waals surface area contributed by atoms with Crippen LogP contribution in [-0.2, 0) is 4.79 Å². The lowest BCUT2D eigenvalue weighted by Gasteiger charge is -2.30. The molecule has 3 rings (SSSR count). The van der Waals surface area contributed by atoms with E-state index in [4.69, 9.17) is 9.84 Å². The molecule has 0 saturated heterocycles. The molecule has 27 heavy (non-hydrogen) atoms. The number of carboxylic acid groups (broad SMARTS) is 1. The van der Waals surface area contributed by atoms with Crippen LogP contribution in [0.3, 0.4) is 0 Å². The molecule has 1 aromatic carbocycles. The fourth-order valence-corrected chi connectivity index (χ4v) is 5.28. The Bertz CT molecular complexity index is 595. The molecule has 1 aromatic rings. The molecule has 0 aromatic heterocycles. The Morgan fingerprint density at radius 3 is 2.59 bits per heavy atom. The van der Waals surface area contributed by atoms with Crippen LogP contribution in [0.2, 0.25) is 0 Å². The number of aliphatic carboxylic acids is 1. The standard InChI is InChI=1S/C24H34O3/c25-24(26)14-7-2-1-6-12-22-19-15-16-20(18-19)23(22)13-8-9-17-27-21-10-4-3-5-11-21/h1,3-6,10-11,19-20,22-23H,2,7-9,12-18H2,(H,25,26)/t19-,20+,22-,23+/m0/s1. The molecule has 148 valence electrons. The minimum Gasteiger partial charge on any atom is -0.494 e. The van der Waals surface area contributed by atoms with Gasteiger partial charge in [0.25, 0.3) is 0 Å². The van der Waals surface area contributed by atoms with Crippen LogP contribution >= 0.6 is 0 Å². The van der Waals surface area contributed by atoms with E-state index in [2.05, 4.69) is 12.2 Å². The van der Waals surface area contributed by atoms with Crippen molar-refractivity contribution >= 4 is 5.97 Å². The average molecular weight is 371 g/mol. The second kappa shape index (κ2) is 10.5. The zero-order valence-corrected chi connectivity index (χ0v) is 16.4. The molecule has 0 spiro atoms. The van der Waals surface area contributed by atoms with Gasteiger partial charge in [-0.1, -0.05) is 30.4 Å². The molecule has 2 bridgehead atoms. The predicted molar refractivity (Wildman–Crippen MR) is 109 cm³/mol. The second-order valence-corrected chi connectivity index (χ2v) is 8.31. The zero-order valence-electron chi connectivity index (χ0n) is 16.4. The number of carbonyl (C=O) groups is 1. The maximum absolute atomic E-state index is 10.6. The van der Waals surface area contributed by atoms with Crippen molar-refractivity contribution in [2.24, 2.45) is 23.7 Å². The summed E-state index contributed by atoms with van der Waals surface area (Å²) < 4.78 is 5.83. The van der Waals surface area contributed by atoms with Gasteiger partial charge in [-0.3, -0.25) is 4.79 Å². The monoisotopic (exact) mass is 370 g/mol. The number of fused-ring (bicyclic) bond motifs is 2. The van der Waals surface area contributed by atoms with Crippen LogP contribution in [0.5, 0.6) is 5.75 Å². The molecule has 1 N–H and O–H groups in total. The van der Waals surface area contributed by atoms with Gasteiger partial charge < -0.3 is 9.84 Å². The predicted octanol–water partition coefficient (Wildman–Crippen LogP) is 6.10. The van der Waals surface area contributed by atoms with E-state index >= 15 is 0 Å². The fraction of sp³-hybridized carbons (Fsp3) is 0.625. The third-order valence-electron chi connectivity index (χ3n) is 6.55. The minimum atomic E-state index is -0.687. The first-order chi connectivity index (χ1) is 13.2. The van der Waals surface area contributed by atoms with Gasteiger partial charge in [0.1, 0.15) is 5.75 Å². The Hall–Kier alpha value is -1.77. The van der Waals surface area contributed by atoms with E-state index in [9.17, 15) is 4.79 Å². The lowest BCUT2D eigenvalue weighted by molar-refractivity contribution is -0.137. The Morgan fingerprint density at radius 1 is 1.04 bits per heavy atom. The minimum absolute atomic E-state index is 0.284. The molecule has 2 saturated carbocycles. The summed E-state index contributed by atoms with van der Waals surface area (Å²) in [5.74, 6) is 3.93. The summed E-state index contributed by atoms with van der Waals surface area (Å²) >= 11 is 0. The van der Waals surface area contributed by atoms with Crippen molar-refractivity contribution in [1.82, 2.24) is 0 Å². The highest BCUT2D eigenvalue weighted by atomic mass is 16.5. The van der Waals surface area contributed by atoms with E-state index < -0.39 is 5.97 Å². The van der Waals surface area contributed by atoms with E-state index in [1.54, 1.807) is 0 Å². The summed E-state index contributed by atoms with van der Waals surface area (Å²) in [4.78, 5) is 10.6. The van der Waals surface area contributed by atoms with Crippen molar-refractivity contribution in [2.75, 3.05) is 6.61 Å². The van der Waals surface area contributed by atoms with Gasteiger partial charge in [0, 0.05) is 6.42 Å². The van der Waals surface area contributed by atoms with Crippen molar-refractivity contribution in [3.05, 3.63) is 42.5 Å². The summed E-state index contributed by atoms with van der Waals surface area (Å²) in [6, 6.07) is 10.1. The van der Waals surface area contributed by atoms with Gasteiger partial charge in [-0.15, -0.1) is 0 Å². The number of rotatable bonds is 12. The molecular weight excluding hydrogens is 336 g/mol. The summed E-state index contributed by atoms with van der Waals surface area (Å²) in [6.45, 7) is 0.818. The molecule has 0 aliphatic heterocycles. The molecule has 0 heterocycles. The topological polar surface area (TPSA) is 46.5 Å². The first kappa shape index (κ1) is 20.0. The molecule has 0 amide bonds. The van der Waals surface area contributed by atoms with Gasteiger partial charge >= 0.3 is 5.97 Å². The molecule has 2 aliphatic carbocycles. The van der Waals surface area contributed by atoms with Gasteiger partial charge in [-0.25, -0.2) is 0 Å². The maximum atomic E-state index is 10.6. The largest absolute Gasteiger partial charge is 0.494 e. The van der Waals surface area contributed by atoms with E-state index in [-0.39, 0.29) is 6.42 Å². The number of allylic oxidation sites excluding steroid dienone is 2. The number of ether oxygens (including phenoxy) is 1. The maximum Gasteiger partial charge on any atom is 0.303 e. The Kier molecular flexibility index (Phi) is 7.79. The first-order valence-corrected chi connectivity index (χ1v) is 10.8. The number of unbranched alkanes of at least 4 members (excludes halogenated alkanes) is 2. The molecule has 2 fully saturated rings. The van der Waals surface area contributed by atoms with Crippen molar-refractivity contribution in [3.63, 3.8) is 0 Å². The van der Waals surface area contributed by atoms with E-state index in [1.807, 2.05) is 30.3 Å². The van der Waals surface area contributed by atoms with Crippen LogP contribution in [0.25, 0.3) is 0 Å². The van der Waals surface area contributed by atoms with Crippen molar-refractivity contribution in [2.45, 2.75) is 64.2 Å². The average Bonchev–Trinajstić information content (AvgIpc) is 3.27. The SMILES string of the molecule is O=C(O)CCCC=CC[C@H]1[C@H]2CC[C@H](C2)[C@H]1CCCCOc1ccccc1. The Balaban J connectivity index is 1.35. The van der Waals surface area contributed by atoms with E-state index in [1.165, 1.54) is 38.5 Å². The van der Waals surface area contributed by atoms with Gasteiger partial charge in [-0.05, 0) is 93.6 Å². The number of para-hydroxylation sites is 1. The number of benzene rings is 1. The van der Waals surface area contributed by atoms with Crippen molar-refractivity contribution < 1.29 is 14.6 Å². The molecule has 4 atom stereocenters. The summed E-state index contributed by atoms with van der Waals surface area (Å²) in [5.41, 5.74) is 0. The third-order valence-corrected chi connectivity index (χ3v) is 6.55. The molecule has 2 aliphatic rings. The number of carboxylic acids is 1. The van der Waals surface area contributed by atoms with Crippen LogP contribution in [0.1, 0.15) is 64.2 Å². The van der Waals surface area contributed by atoms with Crippen molar-refractivity contribution in [3.8, 4) is 5.75 Å². The quantitative estimate of drug-likeness (QED) is 0.357. The fourth-order valence-electron chi connectivity index (χ4n) is 5.28. The first-order valence-electron chi connectivity index (χ1n) is 10.8. The second-order valence-electron chi connectivity index (χ2n) is 8.31.